The Balaban J connectivity index is -0.000000150. The van der Waals surface area contributed by atoms with Gasteiger partial charge in [-0.2, -0.15) is 0 Å². The molecule has 3 N–H and O–H groups in total. The molecule has 0 fully saturated rings. The highest BCUT2D eigenvalue weighted by atomic mass is 35.5. The van der Waals surface area contributed by atoms with E-state index in [1.165, 1.54) is 0 Å². The molecule has 13 heavy (non-hydrogen) atoms. The second-order valence-corrected chi connectivity index (χ2v) is 1.98. The van der Waals surface area contributed by atoms with Gasteiger partial charge in [0.2, 0.25) is 0 Å². The molecule has 5 heteroatoms. The van der Waals surface area contributed by atoms with E-state index in [0.717, 1.165) is 5.69 Å². The molecule has 1 rings (SSSR count). The normalized spacial score (nSPS) is 7.00. The van der Waals surface area contributed by atoms with Crippen LogP contribution >= 0.6 is 24.8 Å². The van der Waals surface area contributed by atoms with Crippen LogP contribution in [0, 0.1) is 6.92 Å². The van der Waals surface area contributed by atoms with Crippen molar-refractivity contribution in [2.45, 2.75) is 6.92 Å². The molecular weight excluding hydrogens is 211 g/mol. The van der Waals surface area contributed by atoms with E-state index >= 15 is 0 Å². The topological polar surface area (TPSA) is 59.1 Å². The van der Waals surface area contributed by atoms with E-state index in [1.54, 1.807) is 6.20 Å². The molecule has 0 spiro atoms. The lowest BCUT2D eigenvalue weighted by Gasteiger charge is -1.82. The van der Waals surface area contributed by atoms with Gasteiger partial charge < -0.3 is 10.8 Å². The van der Waals surface area contributed by atoms with Crippen LogP contribution < -0.4 is 5.73 Å². The minimum Gasteiger partial charge on any atom is -0.395 e. The zero-order valence-corrected chi connectivity index (χ0v) is 9.14. The van der Waals surface area contributed by atoms with Crippen molar-refractivity contribution in [1.82, 2.24) is 4.98 Å². The summed E-state index contributed by atoms with van der Waals surface area (Å²) in [5.74, 6) is 0. The number of aromatic nitrogens is 1. The number of aliphatic hydroxyl groups is 1. The van der Waals surface area contributed by atoms with Crippen molar-refractivity contribution in [1.29, 1.82) is 0 Å². The summed E-state index contributed by atoms with van der Waals surface area (Å²) in [5.41, 5.74) is 5.85. The van der Waals surface area contributed by atoms with E-state index in [-0.39, 0.29) is 31.4 Å². The number of nitrogens with zero attached hydrogens (tertiary/aromatic N) is 1. The van der Waals surface area contributed by atoms with Crippen LogP contribution in [-0.2, 0) is 0 Å². The fourth-order valence-corrected chi connectivity index (χ4v) is 0.448. The van der Waals surface area contributed by atoms with Crippen molar-refractivity contribution in [2.75, 3.05) is 13.2 Å². The molecule has 1 aromatic rings. The molecule has 0 aliphatic rings. The van der Waals surface area contributed by atoms with Crippen molar-refractivity contribution in [3.8, 4) is 0 Å². The van der Waals surface area contributed by atoms with Crippen molar-refractivity contribution in [3.05, 3.63) is 30.1 Å². The lowest BCUT2D eigenvalue weighted by atomic mass is 10.4. The van der Waals surface area contributed by atoms with Crippen molar-refractivity contribution >= 4 is 24.8 Å². The molecular formula is C8H16Cl2N2O. The average molecular weight is 227 g/mol. The molecule has 0 aliphatic carbocycles. The Hall–Kier alpha value is -0.350. The molecule has 0 aromatic carbocycles. The molecule has 1 heterocycles. The molecule has 78 valence electrons. The highest BCUT2D eigenvalue weighted by Crippen LogP contribution is 1.85. The number of nitrogens with two attached hydrogens (primary N) is 1. The van der Waals surface area contributed by atoms with Gasteiger partial charge in [-0.05, 0) is 19.1 Å². The molecule has 0 atom stereocenters. The molecule has 1 aromatic heterocycles. The summed E-state index contributed by atoms with van der Waals surface area (Å²) in [5, 5.41) is 7.75. The van der Waals surface area contributed by atoms with Crippen LogP contribution in [0.25, 0.3) is 0 Å². The van der Waals surface area contributed by atoms with Gasteiger partial charge in [0.15, 0.2) is 0 Å². The molecule has 0 amide bonds. The smallest absolute Gasteiger partial charge is 0.0553 e. The van der Waals surface area contributed by atoms with E-state index in [2.05, 4.69) is 4.98 Å². The fourth-order valence-electron chi connectivity index (χ4n) is 0.448. The Labute approximate surface area is 91.2 Å². The van der Waals surface area contributed by atoms with Gasteiger partial charge in [-0.15, -0.1) is 24.8 Å². The molecule has 0 saturated carbocycles. The summed E-state index contributed by atoms with van der Waals surface area (Å²) in [7, 11) is 0. The zero-order valence-electron chi connectivity index (χ0n) is 7.51. The number of hydrogen-bond acceptors (Lipinski definition) is 3. The third kappa shape index (κ3) is 14.5. The van der Waals surface area contributed by atoms with Gasteiger partial charge in [-0.1, -0.05) is 6.07 Å². The largest absolute Gasteiger partial charge is 0.395 e. The maximum atomic E-state index is 7.75. The number of rotatable bonds is 1. The number of halogens is 2. The predicted molar refractivity (Wildman–Crippen MR) is 59.6 cm³/mol. The van der Waals surface area contributed by atoms with Crippen LogP contribution in [0.15, 0.2) is 24.4 Å². The predicted octanol–water partition coefficient (Wildman–Crippen LogP) is 1.17. The van der Waals surface area contributed by atoms with Gasteiger partial charge in [0.1, 0.15) is 0 Å². The van der Waals surface area contributed by atoms with Gasteiger partial charge in [-0.25, -0.2) is 0 Å². The first-order valence-corrected chi connectivity index (χ1v) is 3.49. The zero-order chi connectivity index (χ0) is 8.53. The van der Waals surface area contributed by atoms with Crippen LogP contribution in [-0.4, -0.2) is 23.2 Å². The molecule has 0 aliphatic heterocycles. The maximum Gasteiger partial charge on any atom is 0.0553 e. The van der Waals surface area contributed by atoms with Crippen LogP contribution in [0.5, 0.6) is 0 Å². The van der Waals surface area contributed by atoms with Crippen molar-refractivity contribution < 1.29 is 5.11 Å². The summed E-state index contributed by atoms with van der Waals surface area (Å²) < 4.78 is 0. The number of hydrogen-bond donors (Lipinski definition) is 2. The average Bonchev–Trinajstić information content (AvgIpc) is 2.07. The highest BCUT2D eigenvalue weighted by Gasteiger charge is 1.73. The summed E-state index contributed by atoms with van der Waals surface area (Å²) in [6.07, 6.45) is 1.79. The van der Waals surface area contributed by atoms with Crippen LogP contribution in [0.3, 0.4) is 0 Å². The number of pyridine rings is 1. The Bertz CT molecular complexity index is 171. The standard InChI is InChI=1S/C6H7N.C2H7NO.2ClH/c1-6-4-2-3-5-7-6;3-1-2-4;;/h2-5H,1H3;4H,1-3H2;2*1H. The molecule has 3 nitrogen and oxygen atoms in total. The Morgan fingerprint density at radius 2 is 1.92 bits per heavy atom. The first-order valence-electron chi connectivity index (χ1n) is 3.49. The Morgan fingerprint density at radius 3 is 2.08 bits per heavy atom. The first-order chi connectivity index (χ1) is 5.31. The SMILES string of the molecule is Cc1ccccn1.Cl.Cl.NCCO. The third-order valence-electron chi connectivity index (χ3n) is 0.942. The Kier molecular flexibility index (Phi) is 20.1. The molecule has 0 saturated heterocycles. The summed E-state index contributed by atoms with van der Waals surface area (Å²) in [4.78, 5) is 3.98. The van der Waals surface area contributed by atoms with E-state index < -0.39 is 0 Å². The number of aryl methyl sites for hydroxylation is 1. The molecule has 0 unspecified atom stereocenters. The van der Waals surface area contributed by atoms with Crippen LogP contribution in [0.2, 0.25) is 0 Å². The van der Waals surface area contributed by atoms with Gasteiger partial charge in [-0.3, -0.25) is 4.98 Å². The Morgan fingerprint density at radius 1 is 1.38 bits per heavy atom. The van der Waals surface area contributed by atoms with E-state index in [1.807, 2.05) is 25.1 Å². The van der Waals surface area contributed by atoms with Crippen molar-refractivity contribution in [3.63, 3.8) is 0 Å². The fraction of sp³-hybridized carbons (Fsp3) is 0.375. The monoisotopic (exact) mass is 226 g/mol. The van der Waals surface area contributed by atoms with Gasteiger partial charge in [0.25, 0.3) is 0 Å². The van der Waals surface area contributed by atoms with Crippen LogP contribution in [0.1, 0.15) is 5.69 Å². The van der Waals surface area contributed by atoms with Crippen LogP contribution in [0.4, 0.5) is 0 Å². The minimum absolute atomic E-state index is 0. The number of aliphatic hydroxyl groups excluding tert-OH is 1. The second kappa shape index (κ2) is 14.2. The van der Waals surface area contributed by atoms with Gasteiger partial charge in [0.05, 0.1) is 6.61 Å². The van der Waals surface area contributed by atoms with Crippen molar-refractivity contribution in [2.24, 2.45) is 5.73 Å². The maximum absolute atomic E-state index is 7.75. The minimum atomic E-state index is 0. The van der Waals surface area contributed by atoms with E-state index in [4.69, 9.17) is 10.8 Å². The lowest BCUT2D eigenvalue weighted by Crippen LogP contribution is -2.02. The van der Waals surface area contributed by atoms with Gasteiger partial charge >= 0.3 is 0 Å². The second-order valence-electron chi connectivity index (χ2n) is 1.98. The lowest BCUT2D eigenvalue weighted by molar-refractivity contribution is 0.306. The highest BCUT2D eigenvalue weighted by molar-refractivity contribution is 5.85. The van der Waals surface area contributed by atoms with E-state index in [9.17, 15) is 0 Å². The van der Waals surface area contributed by atoms with Gasteiger partial charge in [0, 0.05) is 18.4 Å². The molecule has 0 radical (unpaired) electrons. The van der Waals surface area contributed by atoms with E-state index in [0.29, 0.717) is 6.54 Å². The third-order valence-corrected chi connectivity index (χ3v) is 0.942. The first kappa shape index (κ1) is 18.4. The summed E-state index contributed by atoms with van der Waals surface area (Å²) >= 11 is 0. The quantitative estimate of drug-likeness (QED) is 0.757. The summed E-state index contributed by atoms with van der Waals surface area (Å²) in [6, 6.07) is 5.86. The molecule has 0 bridgehead atoms. The summed E-state index contributed by atoms with van der Waals surface area (Å²) in [6.45, 7) is 2.44.